The van der Waals surface area contributed by atoms with Gasteiger partial charge in [0.25, 0.3) is 5.69 Å². The minimum atomic E-state index is -0.706. The molecule has 1 aliphatic heterocycles. The highest BCUT2D eigenvalue weighted by atomic mass is 79.9. The fourth-order valence-electron chi connectivity index (χ4n) is 2.98. The molecule has 0 spiro atoms. The van der Waals surface area contributed by atoms with E-state index in [1.165, 1.54) is 24.3 Å². The number of aliphatic imine (C=N–C) groups is 1. The molecule has 0 saturated carbocycles. The zero-order valence-electron chi connectivity index (χ0n) is 16.8. The average Bonchev–Trinajstić information content (AvgIpc) is 3.16. The average molecular weight is 607 g/mol. The minimum absolute atomic E-state index is 0.00104. The van der Waals surface area contributed by atoms with Crippen molar-refractivity contribution in [2.24, 2.45) is 4.99 Å². The number of benzene rings is 3. The molecule has 0 unspecified atom stereocenters. The number of carbonyl (C=O) groups excluding carboxylic acids is 2. The number of non-ortho nitro benzene ring substituents is 1. The molecule has 11 heteroatoms. The zero-order chi connectivity index (χ0) is 24.4. The summed E-state index contributed by atoms with van der Waals surface area (Å²) in [5, 5.41) is 11.3. The van der Waals surface area contributed by atoms with E-state index in [0.717, 1.165) is 0 Å². The van der Waals surface area contributed by atoms with E-state index < -0.39 is 16.9 Å². The van der Waals surface area contributed by atoms with Crippen molar-refractivity contribution in [3.8, 4) is 5.75 Å². The Morgan fingerprint density at radius 3 is 2.47 bits per heavy atom. The van der Waals surface area contributed by atoms with E-state index in [-0.39, 0.29) is 33.6 Å². The van der Waals surface area contributed by atoms with E-state index in [1.54, 1.807) is 42.5 Å². The second-order valence-corrected chi connectivity index (χ2v) is 8.94. The lowest BCUT2D eigenvalue weighted by atomic mass is 10.2. The summed E-state index contributed by atoms with van der Waals surface area (Å²) >= 11 is 12.8. The number of hydrogen-bond donors (Lipinski definition) is 0. The largest absolute Gasteiger partial charge is 0.420 e. The molecular formula is C23H11Br2ClN2O6. The number of halogens is 3. The molecule has 0 N–H and O–H groups in total. The Labute approximate surface area is 214 Å². The molecule has 0 fully saturated rings. The number of nitro benzene ring substituents is 1. The Balaban J connectivity index is 1.60. The molecule has 8 nitrogen and oxygen atoms in total. The third kappa shape index (κ3) is 5.09. The predicted octanol–water partition coefficient (Wildman–Crippen LogP) is 6.34. The van der Waals surface area contributed by atoms with Crippen LogP contribution >= 0.6 is 43.5 Å². The molecule has 0 amide bonds. The number of rotatable bonds is 5. The highest BCUT2D eigenvalue weighted by molar-refractivity contribution is 9.11. The lowest BCUT2D eigenvalue weighted by Crippen LogP contribution is -2.10. The van der Waals surface area contributed by atoms with Gasteiger partial charge in [0, 0.05) is 17.7 Å². The Hall–Kier alpha value is -3.34. The molecule has 0 bridgehead atoms. The standard InChI is InChI=1S/C23H11Br2ClN2O6/c24-16-8-12(9-17(25)20(16)33-22(29)15-6-1-2-7-18(15)26)10-19-23(30)34-21(27-19)13-4-3-5-14(11-13)28(31)32/h1-11H/b19-10-. The van der Waals surface area contributed by atoms with Crippen LogP contribution in [0.1, 0.15) is 21.5 Å². The Morgan fingerprint density at radius 2 is 1.79 bits per heavy atom. The van der Waals surface area contributed by atoms with Crippen molar-refractivity contribution >= 4 is 73.1 Å². The van der Waals surface area contributed by atoms with E-state index in [4.69, 9.17) is 21.1 Å². The van der Waals surface area contributed by atoms with Crippen LogP contribution in [0.2, 0.25) is 5.02 Å². The van der Waals surface area contributed by atoms with Crippen LogP contribution < -0.4 is 4.74 Å². The molecule has 0 atom stereocenters. The van der Waals surface area contributed by atoms with Gasteiger partial charge in [-0.2, -0.15) is 0 Å². The van der Waals surface area contributed by atoms with Gasteiger partial charge in [-0.05, 0) is 73.8 Å². The van der Waals surface area contributed by atoms with Gasteiger partial charge in [0.05, 0.1) is 24.5 Å². The molecule has 3 aromatic carbocycles. The van der Waals surface area contributed by atoms with Crippen LogP contribution in [0.25, 0.3) is 6.08 Å². The maximum absolute atomic E-state index is 12.5. The van der Waals surface area contributed by atoms with E-state index in [9.17, 15) is 19.7 Å². The molecule has 0 saturated heterocycles. The smallest absolute Gasteiger partial charge is 0.363 e. The van der Waals surface area contributed by atoms with Crippen LogP contribution in [0.15, 0.2) is 80.3 Å². The van der Waals surface area contributed by atoms with Crippen LogP contribution in [-0.2, 0) is 9.53 Å². The molecular weight excluding hydrogens is 596 g/mol. The third-order valence-electron chi connectivity index (χ3n) is 4.54. The molecule has 0 aromatic heterocycles. The lowest BCUT2D eigenvalue weighted by molar-refractivity contribution is -0.384. The van der Waals surface area contributed by atoms with E-state index in [0.29, 0.717) is 20.1 Å². The van der Waals surface area contributed by atoms with Gasteiger partial charge in [0.1, 0.15) is 0 Å². The van der Waals surface area contributed by atoms with Crippen LogP contribution in [0, 0.1) is 10.1 Å². The molecule has 1 heterocycles. The third-order valence-corrected chi connectivity index (χ3v) is 6.04. The predicted molar refractivity (Wildman–Crippen MR) is 132 cm³/mol. The second-order valence-electron chi connectivity index (χ2n) is 6.83. The summed E-state index contributed by atoms with van der Waals surface area (Å²) in [5.41, 5.74) is 0.915. The van der Waals surface area contributed by atoms with Crippen LogP contribution in [0.4, 0.5) is 5.69 Å². The molecule has 4 rings (SSSR count). The first kappa shape index (κ1) is 23.8. The Bertz CT molecular complexity index is 1400. The Morgan fingerprint density at radius 1 is 1.09 bits per heavy atom. The summed E-state index contributed by atoms with van der Waals surface area (Å²) < 4.78 is 11.5. The van der Waals surface area contributed by atoms with Crippen LogP contribution in [0.3, 0.4) is 0 Å². The summed E-state index contributed by atoms with van der Waals surface area (Å²) in [6.07, 6.45) is 1.47. The highest BCUT2D eigenvalue weighted by Crippen LogP contribution is 2.36. The second kappa shape index (κ2) is 9.88. The van der Waals surface area contributed by atoms with Gasteiger partial charge in [-0.15, -0.1) is 0 Å². The highest BCUT2D eigenvalue weighted by Gasteiger charge is 2.25. The number of nitro groups is 1. The number of carbonyl (C=O) groups is 2. The molecule has 170 valence electrons. The number of ether oxygens (including phenoxy) is 2. The van der Waals surface area contributed by atoms with Crippen molar-refractivity contribution < 1.29 is 24.0 Å². The zero-order valence-corrected chi connectivity index (χ0v) is 20.8. The van der Waals surface area contributed by atoms with Gasteiger partial charge in [0.15, 0.2) is 11.4 Å². The first-order valence-corrected chi connectivity index (χ1v) is 11.4. The monoisotopic (exact) mass is 604 g/mol. The van der Waals surface area contributed by atoms with Crippen molar-refractivity contribution in [3.05, 3.63) is 107 Å². The van der Waals surface area contributed by atoms with Crippen molar-refractivity contribution in [1.29, 1.82) is 0 Å². The molecule has 0 aliphatic carbocycles. The number of esters is 2. The van der Waals surface area contributed by atoms with Gasteiger partial charge < -0.3 is 9.47 Å². The summed E-state index contributed by atoms with van der Waals surface area (Å²) in [6.45, 7) is 0. The van der Waals surface area contributed by atoms with Gasteiger partial charge in [-0.1, -0.05) is 29.8 Å². The first-order valence-electron chi connectivity index (χ1n) is 9.46. The fourth-order valence-corrected chi connectivity index (χ4v) is 4.57. The van der Waals surface area contributed by atoms with Crippen molar-refractivity contribution in [2.45, 2.75) is 0 Å². The number of hydrogen-bond acceptors (Lipinski definition) is 7. The summed E-state index contributed by atoms with van der Waals surface area (Å²) in [7, 11) is 0. The van der Waals surface area contributed by atoms with Crippen molar-refractivity contribution in [3.63, 3.8) is 0 Å². The summed E-state index contributed by atoms with van der Waals surface area (Å²) in [4.78, 5) is 39.4. The number of nitrogens with zero attached hydrogens (tertiary/aromatic N) is 2. The van der Waals surface area contributed by atoms with Crippen LogP contribution in [0.5, 0.6) is 5.75 Å². The normalized spacial score (nSPS) is 14.0. The van der Waals surface area contributed by atoms with E-state index in [2.05, 4.69) is 36.9 Å². The van der Waals surface area contributed by atoms with E-state index >= 15 is 0 Å². The van der Waals surface area contributed by atoms with E-state index in [1.807, 2.05) is 0 Å². The fraction of sp³-hybridized carbons (Fsp3) is 0. The summed E-state index contributed by atoms with van der Waals surface area (Å²) in [6, 6.07) is 15.4. The van der Waals surface area contributed by atoms with Gasteiger partial charge in [-0.3, -0.25) is 10.1 Å². The summed E-state index contributed by atoms with van der Waals surface area (Å²) in [5.74, 6) is -1.16. The topological polar surface area (TPSA) is 108 Å². The van der Waals surface area contributed by atoms with Crippen molar-refractivity contribution in [2.75, 3.05) is 0 Å². The number of cyclic esters (lactones) is 1. The molecule has 3 aromatic rings. The molecule has 0 radical (unpaired) electrons. The maximum atomic E-state index is 12.5. The van der Waals surface area contributed by atoms with Gasteiger partial charge in [-0.25, -0.2) is 14.6 Å². The minimum Gasteiger partial charge on any atom is -0.420 e. The molecule has 34 heavy (non-hydrogen) atoms. The Kier molecular flexibility index (Phi) is 6.92. The first-order chi connectivity index (χ1) is 16.2. The van der Waals surface area contributed by atoms with Gasteiger partial charge >= 0.3 is 11.9 Å². The molecule has 1 aliphatic rings. The van der Waals surface area contributed by atoms with Gasteiger partial charge in [0.2, 0.25) is 5.90 Å². The quantitative estimate of drug-likeness (QED) is 0.110. The van der Waals surface area contributed by atoms with Crippen molar-refractivity contribution in [1.82, 2.24) is 0 Å². The lowest BCUT2D eigenvalue weighted by Gasteiger charge is -2.10. The van der Waals surface area contributed by atoms with Crippen LogP contribution in [-0.4, -0.2) is 22.8 Å². The maximum Gasteiger partial charge on any atom is 0.363 e. The SMILES string of the molecule is O=C1OC(c2cccc([N+](=O)[O-])c2)=N/C1=C\c1cc(Br)c(OC(=O)c2ccccc2Cl)c(Br)c1.